The van der Waals surface area contributed by atoms with Crippen molar-refractivity contribution in [1.29, 1.82) is 0 Å². The van der Waals surface area contributed by atoms with Gasteiger partial charge in [0, 0.05) is 0 Å². The van der Waals surface area contributed by atoms with Crippen molar-refractivity contribution in [2.24, 2.45) is 0 Å². The fraction of sp³-hybridized carbons (Fsp3) is 0.368. The van der Waals surface area contributed by atoms with Gasteiger partial charge in [0.2, 0.25) is 0 Å². The van der Waals surface area contributed by atoms with Crippen molar-refractivity contribution >= 4 is 0 Å². The third kappa shape index (κ3) is 10.5. The second-order valence-corrected chi connectivity index (χ2v) is 12.0. The molecule has 4 fully saturated rings. The molecule has 0 spiro atoms. The largest absolute Gasteiger partial charge is 0.491 e. The Morgan fingerprint density at radius 2 is 0.543 bits per heavy atom. The lowest BCUT2D eigenvalue weighted by Gasteiger charge is -2.07. The molecule has 8 rings (SSSR count). The van der Waals surface area contributed by atoms with Crippen molar-refractivity contribution in [2.75, 3.05) is 52.9 Å². The standard InChI is InChI=1S/2C19H20O4/c2*1-5-16(20-10-18-12-22-18)6-2-14(1)9-15-3-7-17(8-4-15)21-11-19-13-23-19/h2*1-8,18-19H,9-13H2. The Morgan fingerprint density at radius 3 is 0.717 bits per heavy atom. The Morgan fingerprint density at radius 1 is 0.348 bits per heavy atom. The van der Waals surface area contributed by atoms with E-state index in [2.05, 4.69) is 48.5 Å². The van der Waals surface area contributed by atoms with E-state index in [-0.39, 0.29) is 0 Å². The van der Waals surface area contributed by atoms with Gasteiger partial charge in [-0.1, -0.05) is 48.5 Å². The zero-order chi connectivity index (χ0) is 31.0. The van der Waals surface area contributed by atoms with Crippen LogP contribution in [0.5, 0.6) is 23.0 Å². The first kappa shape index (κ1) is 30.6. The molecule has 0 N–H and O–H groups in total. The summed E-state index contributed by atoms with van der Waals surface area (Å²) in [4.78, 5) is 0. The van der Waals surface area contributed by atoms with E-state index in [1.807, 2.05) is 48.5 Å². The summed E-state index contributed by atoms with van der Waals surface area (Å²) in [5.41, 5.74) is 5.06. The van der Waals surface area contributed by atoms with Gasteiger partial charge >= 0.3 is 0 Å². The van der Waals surface area contributed by atoms with Crippen LogP contribution in [0, 0.1) is 0 Å². The maximum atomic E-state index is 5.65. The number of rotatable bonds is 16. The molecule has 4 aromatic carbocycles. The van der Waals surface area contributed by atoms with Gasteiger partial charge in [-0.05, 0) is 83.6 Å². The van der Waals surface area contributed by atoms with Gasteiger partial charge in [0.1, 0.15) is 73.8 Å². The lowest BCUT2D eigenvalue weighted by atomic mass is 10.0. The van der Waals surface area contributed by atoms with Crippen LogP contribution < -0.4 is 18.9 Å². The fourth-order valence-electron chi connectivity index (χ4n) is 4.70. The van der Waals surface area contributed by atoms with E-state index in [1.165, 1.54) is 22.3 Å². The zero-order valence-electron chi connectivity index (χ0n) is 25.9. The number of epoxide rings is 4. The zero-order valence-corrected chi connectivity index (χ0v) is 25.9. The molecule has 8 heteroatoms. The lowest BCUT2D eigenvalue weighted by molar-refractivity contribution is 0.263. The van der Waals surface area contributed by atoms with E-state index in [0.717, 1.165) is 62.3 Å². The molecule has 8 nitrogen and oxygen atoms in total. The van der Waals surface area contributed by atoms with Crippen molar-refractivity contribution < 1.29 is 37.9 Å². The first-order chi connectivity index (χ1) is 22.7. The van der Waals surface area contributed by atoms with Gasteiger partial charge in [0.15, 0.2) is 0 Å². The highest BCUT2D eigenvalue weighted by Gasteiger charge is 2.25. The SMILES string of the molecule is c1cc(OCC2CO2)ccc1Cc1ccc(OCC2CO2)cc1.c1cc(OCC2CO2)ccc1Cc1ccc(OCC2CO2)cc1. The summed E-state index contributed by atoms with van der Waals surface area (Å²) in [7, 11) is 0. The Balaban J connectivity index is 0.000000147. The van der Waals surface area contributed by atoms with Crippen molar-refractivity contribution in [1.82, 2.24) is 0 Å². The number of benzene rings is 4. The van der Waals surface area contributed by atoms with E-state index in [1.54, 1.807) is 0 Å². The third-order valence-electron chi connectivity index (χ3n) is 7.86. The van der Waals surface area contributed by atoms with Gasteiger partial charge in [-0.3, -0.25) is 0 Å². The molecular formula is C38H40O8. The average molecular weight is 625 g/mol. The molecule has 0 aromatic heterocycles. The number of ether oxygens (including phenoxy) is 8. The minimum absolute atomic E-state index is 0.293. The first-order valence-corrected chi connectivity index (χ1v) is 16.0. The first-order valence-electron chi connectivity index (χ1n) is 16.0. The topological polar surface area (TPSA) is 87.0 Å². The van der Waals surface area contributed by atoms with E-state index >= 15 is 0 Å². The summed E-state index contributed by atoms with van der Waals surface area (Å²) < 4.78 is 43.1. The lowest BCUT2D eigenvalue weighted by Crippen LogP contribution is -2.04. The Hall–Kier alpha value is -4.08. The van der Waals surface area contributed by atoms with Crippen molar-refractivity contribution in [3.05, 3.63) is 119 Å². The van der Waals surface area contributed by atoms with Gasteiger partial charge in [-0.25, -0.2) is 0 Å². The maximum absolute atomic E-state index is 5.65. The molecule has 0 amide bonds. The molecule has 4 aliphatic rings. The van der Waals surface area contributed by atoms with Crippen LogP contribution in [-0.2, 0) is 31.8 Å². The van der Waals surface area contributed by atoms with Gasteiger partial charge in [0.05, 0.1) is 26.4 Å². The Bertz CT molecular complexity index is 1260. The van der Waals surface area contributed by atoms with E-state index in [4.69, 9.17) is 37.9 Å². The van der Waals surface area contributed by atoms with E-state index in [9.17, 15) is 0 Å². The molecule has 0 bridgehead atoms. The summed E-state index contributed by atoms with van der Waals surface area (Å²) in [5.74, 6) is 3.59. The molecule has 4 unspecified atom stereocenters. The monoisotopic (exact) mass is 624 g/mol. The second kappa shape index (κ2) is 15.0. The highest BCUT2D eigenvalue weighted by molar-refractivity contribution is 5.35. The van der Waals surface area contributed by atoms with Gasteiger partial charge in [0.25, 0.3) is 0 Å². The molecule has 0 radical (unpaired) electrons. The number of hydrogen-bond donors (Lipinski definition) is 0. The van der Waals surface area contributed by atoms with E-state index in [0.29, 0.717) is 50.8 Å². The summed E-state index contributed by atoms with van der Waals surface area (Å²) in [6.07, 6.45) is 2.98. The molecule has 240 valence electrons. The Kier molecular flexibility index (Phi) is 9.97. The van der Waals surface area contributed by atoms with Crippen molar-refractivity contribution in [3.8, 4) is 23.0 Å². The van der Waals surface area contributed by atoms with E-state index < -0.39 is 0 Å². The molecular weight excluding hydrogens is 584 g/mol. The van der Waals surface area contributed by atoms with Crippen LogP contribution in [0.4, 0.5) is 0 Å². The predicted octanol–water partition coefficient (Wildman–Crippen LogP) is 5.67. The average Bonchev–Trinajstić information content (AvgIpc) is 3.88. The van der Waals surface area contributed by atoms with Crippen molar-refractivity contribution in [3.63, 3.8) is 0 Å². The quantitative estimate of drug-likeness (QED) is 0.148. The van der Waals surface area contributed by atoms with Crippen LogP contribution >= 0.6 is 0 Å². The molecule has 4 aliphatic heterocycles. The summed E-state index contributed by atoms with van der Waals surface area (Å²) in [6.45, 7) is 5.88. The highest BCUT2D eigenvalue weighted by atomic mass is 16.6. The van der Waals surface area contributed by atoms with Gasteiger partial charge in [-0.15, -0.1) is 0 Å². The molecule has 0 aliphatic carbocycles. The third-order valence-corrected chi connectivity index (χ3v) is 7.86. The summed E-state index contributed by atoms with van der Waals surface area (Å²) in [5, 5.41) is 0. The normalized spacial score (nSPS) is 21.7. The highest BCUT2D eigenvalue weighted by Crippen LogP contribution is 2.22. The van der Waals surface area contributed by atoms with Gasteiger partial charge < -0.3 is 37.9 Å². The van der Waals surface area contributed by atoms with Crippen LogP contribution in [-0.4, -0.2) is 77.3 Å². The molecule has 4 saturated heterocycles. The minimum atomic E-state index is 0.293. The predicted molar refractivity (Wildman–Crippen MR) is 172 cm³/mol. The van der Waals surface area contributed by atoms with Crippen molar-refractivity contribution in [2.45, 2.75) is 37.3 Å². The minimum Gasteiger partial charge on any atom is -0.491 e. The van der Waals surface area contributed by atoms with Crippen LogP contribution in [0.25, 0.3) is 0 Å². The molecule has 4 aromatic rings. The van der Waals surface area contributed by atoms with Crippen LogP contribution in [0.3, 0.4) is 0 Å². The molecule has 4 atom stereocenters. The number of hydrogen-bond acceptors (Lipinski definition) is 8. The Labute approximate surface area is 270 Å². The second-order valence-electron chi connectivity index (χ2n) is 12.0. The van der Waals surface area contributed by atoms with Crippen LogP contribution in [0.15, 0.2) is 97.1 Å². The molecule has 0 saturated carbocycles. The maximum Gasteiger partial charge on any atom is 0.119 e. The fourth-order valence-corrected chi connectivity index (χ4v) is 4.70. The summed E-state index contributed by atoms with van der Waals surface area (Å²) >= 11 is 0. The smallest absolute Gasteiger partial charge is 0.119 e. The van der Waals surface area contributed by atoms with Crippen LogP contribution in [0.1, 0.15) is 22.3 Å². The van der Waals surface area contributed by atoms with Crippen LogP contribution in [0.2, 0.25) is 0 Å². The molecule has 46 heavy (non-hydrogen) atoms. The molecule has 4 heterocycles. The summed E-state index contributed by atoms with van der Waals surface area (Å²) in [6, 6.07) is 33.0. The van der Waals surface area contributed by atoms with Gasteiger partial charge in [-0.2, -0.15) is 0 Å².